The van der Waals surface area contributed by atoms with Crippen molar-refractivity contribution in [2.45, 2.75) is 132 Å². The van der Waals surface area contributed by atoms with Crippen LogP contribution in [0.5, 0.6) is 0 Å². The Morgan fingerprint density at radius 3 is 0.576 bits per heavy atom. The molecule has 0 saturated carbocycles. The minimum Gasteiger partial charge on any atom is -0.396 e. The summed E-state index contributed by atoms with van der Waals surface area (Å²) in [4.78, 5) is 0. The molecule has 0 saturated heterocycles. The monoisotopic (exact) mass is 554 g/mol. The van der Waals surface area contributed by atoms with Crippen LogP contribution in [0.2, 0.25) is 0 Å². The largest absolute Gasteiger partial charge is 0.396 e. The Labute approximate surface area is 228 Å². The molecule has 0 aromatic rings. The predicted molar refractivity (Wildman–Crippen MR) is 143 cm³/mol. The molecule has 0 radical (unpaired) electrons. The molecule has 4 nitrogen and oxygen atoms in total. The number of rotatable bonds is 16. The van der Waals surface area contributed by atoms with Crippen LogP contribution in [-0.2, 0) is 26.2 Å². The Kier molecular flexibility index (Phi) is 52.9. The van der Waals surface area contributed by atoms with Crippen LogP contribution in [0.3, 0.4) is 0 Å². The van der Waals surface area contributed by atoms with Gasteiger partial charge in [-0.15, -0.1) is 0 Å². The van der Waals surface area contributed by atoms with Crippen LogP contribution >= 0.6 is 0 Å². The van der Waals surface area contributed by atoms with E-state index in [2.05, 4.69) is 55.4 Å². The van der Waals surface area contributed by atoms with E-state index in [1.165, 1.54) is 51.4 Å². The minimum absolute atomic E-state index is 0. The second-order valence-electron chi connectivity index (χ2n) is 10.5. The Hall–Kier alpha value is 0.723. The molecule has 0 aliphatic heterocycles. The molecule has 204 valence electrons. The molecule has 4 N–H and O–H groups in total. The van der Waals surface area contributed by atoms with E-state index in [9.17, 15) is 0 Å². The van der Waals surface area contributed by atoms with Gasteiger partial charge in [-0.05, 0) is 49.4 Å². The first kappa shape index (κ1) is 43.8. The van der Waals surface area contributed by atoms with Crippen LogP contribution in [0.15, 0.2) is 0 Å². The second kappa shape index (κ2) is 39.9. The summed E-state index contributed by atoms with van der Waals surface area (Å²) in [7, 11) is 0. The van der Waals surface area contributed by atoms with Gasteiger partial charge in [0.25, 0.3) is 0 Å². The molecule has 0 fully saturated rings. The summed E-state index contributed by atoms with van der Waals surface area (Å²) in [6.45, 7) is 19.1. The second-order valence-corrected chi connectivity index (χ2v) is 10.5. The zero-order valence-electron chi connectivity index (χ0n) is 23.9. The first-order chi connectivity index (χ1) is 15.1. The van der Waals surface area contributed by atoms with Crippen LogP contribution in [-0.4, -0.2) is 46.9 Å². The molecule has 33 heavy (non-hydrogen) atoms. The molecular formula is C28H64O4Zr. The molecule has 5 heteroatoms. The van der Waals surface area contributed by atoms with Gasteiger partial charge >= 0.3 is 0 Å². The van der Waals surface area contributed by atoms with Gasteiger partial charge in [0.2, 0.25) is 0 Å². The Morgan fingerprint density at radius 2 is 0.485 bits per heavy atom. The molecule has 0 rings (SSSR count). The summed E-state index contributed by atoms with van der Waals surface area (Å²) in [5.41, 5.74) is 0. The molecule has 0 amide bonds. The van der Waals surface area contributed by atoms with E-state index in [0.29, 0.717) is 26.4 Å². The summed E-state index contributed by atoms with van der Waals surface area (Å²) in [6.07, 6.45) is 13.6. The third kappa shape index (κ3) is 71.9. The molecule has 0 aliphatic carbocycles. The van der Waals surface area contributed by atoms with Gasteiger partial charge in [-0.1, -0.05) is 107 Å². The van der Waals surface area contributed by atoms with E-state index in [1.807, 2.05) is 0 Å². The predicted octanol–water partition coefficient (Wildman–Crippen LogP) is 7.22. The van der Waals surface area contributed by atoms with Crippen molar-refractivity contribution in [3.05, 3.63) is 0 Å². The summed E-state index contributed by atoms with van der Waals surface area (Å²) in [5, 5.41) is 33.5. The number of unbranched alkanes of at least 4 members (excludes halogenated alkanes) is 4. The Morgan fingerprint density at radius 1 is 0.333 bits per heavy atom. The van der Waals surface area contributed by atoms with Crippen molar-refractivity contribution in [2.75, 3.05) is 26.4 Å². The van der Waals surface area contributed by atoms with E-state index in [1.54, 1.807) is 0 Å². The Bertz CT molecular complexity index is 229. The fraction of sp³-hybridized carbons (Fsp3) is 1.00. The average molecular weight is 556 g/mol. The van der Waals surface area contributed by atoms with Gasteiger partial charge in [-0.2, -0.15) is 0 Å². The molecule has 0 heterocycles. The quantitative estimate of drug-likeness (QED) is 0.152. The molecule has 0 bridgehead atoms. The number of hydrogen-bond acceptors (Lipinski definition) is 4. The maximum Gasteiger partial charge on any atom is 0.0431 e. The van der Waals surface area contributed by atoms with E-state index in [0.717, 1.165) is 49.4 Å². The smallest absolute Gasteiger partial charge is 0.0431 e. The molecule has 0 aromatic carbocycles. The van der Waals surface area contributed by atoms with Crippen LogP contribution in [0.1, 0.15) is 132 Å². The van der Waals surface area contributed by atoms with Gasteiger partial charge in [0.15, 0.2) is 0 Å². The standard InChI is InChI=1S/4C7H16O.Zr/c4*1-7(2)5-3-4-6-8;/h4*7-8H,3-6H2,1-2H3;. The van der Waals surface area contributed by atoms with Gasteiger partial charge < -0.3 is 20.4 Å². The van der Waals surface area contributed by atoms with Gasteiger partial charge in [-0.25, -0.2) is 0 Å². The minimum atomic E-state index is 0. The van der Waals surface area contributed by atoms with E-state index < -0.39 is 0 Å². The maximum absolute atomic E-state index is 8.38. The summed E-state index contributed by atoms with van der Waals surface area (Å²) in [6, 6.07) is 0. The van der Waals surface area contributed by atoms with Crippen LogP contribution in [0, 0.1) is 23.7 Å². The molecule has 0 aliphatic rings. The third-order valence-electron chi connectivity index (χ3n) is 4.76. The maximum atomic E-state index is 8.38. The summed E-state index contributed by atoms with van der Waals surface area (Å²) in [5.74, 6) is 3.17. The molecule has 0 unspecified atom stereocenters. The third-order valence-corrected chi connectivity index (χ3v) is 4.76. The Balaban J connectivity index is -0.000000105. The van der Waals surface area contributed by atoms with Crippen molar-refractivity contribution in [1.29, 1.82) is 0 Å². The number of hydrogen-bond donors (Lipinski definition) is 4. The number of aliphatic hydroxyl groups excluding tert-OH is 4. The first-order valence-corrected chi connectivity index (χ1v) is 13.5. The van der Waals surface area contributed by atoms with Crippen molar-refractivity contribution in [2.24, 2.45) is 23.7 Å². The van der Waals surface area contributed by atoms with Crippen molar-refractivity contribution >= 4 is 0 Å². The van der Waals surface area contributed by atoms with E-state index in [-0.39, 0.29) is 26.2 Å². The van der Waals surface area contributed by atoms with Crippen molar-refractivity contribution in [3.63, 3.8) is 0 Å². The van der Waals surface area contributed by atoms with Crippen LogP contribution < -0.4 is 0 Å². The van der Waals surface area contributed by atoms with Gasteiger partial charge in [0.1, 0.15) is 0 Å². The molecule has 0 atom stereocenters. The summed E-state index contributed by atoms with van der Waals surface area (Å²) < 4.78 is 0. The normalized spacial score (nSPS) is 10.2. The van der Waals surface area contributed by atoms with E-state index >= 15 is 0 Å². The van der Waals surface area contributed by atoms with Gasteiger partial charge in [0, 0.05) is 52.6 Å². The molecular weight excluding hydrogens is 492 g/mol. The SMILES string of the molecule is CC(C)CCCCO.CC(C)CCCCO.CC(C)CCCCO.CC(C)CCCCO.[Zr]. The zero-order chi connectivity index (χ0) is 25.6. The first-order valence-electron chi connectivity index (χ1n) is 13.5. The van der Waals surface area contributed by atoms with Crippen molar-refractivity contribution in [1.82, 2.24) is 0 Å². The van der Waals surface area contributed by atoms with Crippen molar-refractivity contribution in [3.8, 4) is 0 Å². The van der Waals surface area contributed by atoms with Crippen molar-refractivity contribution < 1.29 is 46.6 Å². The molecule has 0 spiro atoms. The van der Waals surface area contributed by atoms with Crippen LogP contribution in [0.4, 0.5) is 0 Å². The fourth-order valence-electron chi connectivity index (χ4n) is 2.66. The fourth-order valence-corrected chi connectivity index (χ4v) is 2.66. The topological polar surface area (TPSA) is 80.9 Å². The number of aliphatic hydroxyl groups is 4. The summed E-state index contributed by atoms with van der Waals surface area (Å²) >= 11 is 0. The zero-order valence-corrected chi connectivity index (χ0v) is 26.4. The average Bonchev–Trinajstić information content (AvgIpc) is 2.69. The van der Waals surface area contributed by atoms with E-state index in [4.69, 9.17) is 20.4 Å². The van der Waals surface area contributed by atoms with Gasteiger partial charge in [0.05, 0.1) is 0 Å². The van der Waals surface area contributed by atoms with Gasteiger partial charge in [-0.3, -0.25) is 0 Å². The molecule has 0 aromatic heterocycles. The van der Waals surface area contributed by atoms with Crippen LogP contribution in [0.25, 0.3) is 0 Å².